The third-order valence-corrected chi connectivity index (χ3v) is 3.70. The Labute approximate surface area is 154 Å². The maximum atomic E-state index is 12.1. The van der Waals surface area contributed by atoms with Gasteiger partial charge in [-0.25, -0.2) is 0 Å². The van der Waals surface area contributed by atoms with Crippen molar-refractivity contribution in [3.05, 3.63) is 65.7 Å². The summed E-state index contributed by atoms with van der Waals surface area (Å²) < 4.78 is 5.43. The first-order valence-electron chi connectivity index (χ1n) is 8.88. The average molecular weight is 354 g/mol. The number of amides is 2. The predicted molar refractivity (Wildman–Crippen MR) is 103 cm³/mol. The molecule has 0 heterocycles. The third kappa shape index (κ3) is 7.07. The number of hydrogen-bond donors (Lipinski definition) is 2. The summed E-state index contributed by atoms with van der Waals surface area (Å²) in [4.78, 5) is 24.1. The van der Waals surface area contributed by atoms with E-state index in [0.717, 1.165) is 12.0 Å². The standard InChI is InChI=1S/C21H26N2O3/c1-16(2)26-14-6-13-22-21(25)18-9-11-19(12-10-18)23-20(24)15-17-7-4-3-5-8-17/h3-5,7-12,16H,6,13-15H2,1-2H3,(H,22,25)(H,23,24). The number of benzene rings is 2. The lowest BCUT2D eigenvalue weighted by atomic mass is 10.1. The van der Waals surface area contributed by atoms with Crippen LogP contribution in [-0.4, -0.2) is 31.1 Å². The van der Waals surface area contributed by atoms with Gasteiger partial charge in [0, 0.05) is 24.4 Å². The normalized spacial score (nSPS) is 10.6. The van der Waals surface area contributed by atoms with Gasteiger partial charge < -0.3 is 15.4 Å². The van der Waals surface area contributed by atoms with Gasteiger partial charge in [0.05, 0.1) is 12.5 Å². The van der Waals surface area contributed by atoms with Gasteiger partial charge in [0.2, 0.25) is 5.91 Å². The molecule has 26 heavy (non-hydrogen) atoms. The number of anilines is 1. The molecule has 2 N–H and O–H groups in total. The Morgan fingerprint density at radius 3 is 2.35 bits per heavy atom. The second-order valence-electron chi connectivity index (χ2n) is 6.32. The number of carbonyl (C=O) groups is 2. The molecular weight excluding hydrogens is 328 g/mol. The molecule has 0 unspecified atom stereocenters. The molecule has 2 rings (SSSR count). The van der Waals surface area contributed by atoms with E-state index < -0.39 is 0 Å². The smallest absolute Gasteiger partial charge is 0.251 e. The highest BCUT2D eigenvalue weighted by molar-refractivity contribution is 5.96. The van der Waals surface area contributed by atoms with Crippen molar-refractivity contribution in [2.75, 3.05) is 18.5 Å². The fourth-order valence-corrected chi connectivity index (χ4v) is 2.39. The van der Waals surface area contributed by atoms with E-state index in [4.69, 9.17) is 4.74 Å². The highest BCUT2D eigenvalue weighted by Gasteiger charge is 2.07. The Balaban J connectivity index is 1.76. The quantitative estimate of drug-likeness (QED) is 0.678. The van der Waals surface area contributed by atoms with Crippen LogP contribution in [0.15, 0.2) is 54.6 Å². The Morgan fingerprint density at radius 1 is 1.00 bits per heavy atom. The molecule has 138 valence electrons. The Hall–Kier alpha value is -2.66. The molecule has 0 aliphatic heterocycles. The van der Waals surface area contributed by atoms with Crippen molar-refractivity contribution in [2.45, 2.75) is 32.8 Å². The van der Waals surface area contributed by atoms with Crippen molar-refractivity contribution in [2.24, 2.45) is 0 Å². The van der Waals surface area contributed by atoms with Crippen molar-refractivity contribution < 1.29 is 14.3 Å². The molecule has 0 atom stereocenters. The number of carbonyl (C=O) groups excluding carboxylic acids is 2. The summed E-state index contributed by atoms with van der Waals surface area (Å²) in [7, 11) is 0. The molecule has 5 heteroatoms. The van der Waals surface area contributed by atoms with Crippen LogP contribution in [0.3, 0.4) is 0 Å². The largest absolute Gasteiger partial charge is 0.379 e. The van der Waals surface area contributed by atoms with Crippen LogP contribution >= 0.6 is 0 Å². The first-order chi connectivity index (χ1) is 12.5. The topological polar surface area (TPSA) is 67.4 Å². The van der Waals surface area contributed by atoms with Crippen molar-refractivity contribution in [1.82, 2.24) is 5.32 Å². The number of nitrogens with one attached hydrogen (secondary N) is 2. The second-order valence-corrected chi connectivity index (χ2v) is 6.32. The molecule has 0 aromatic heterocycles. The lowest BCUT2D eigenvalue weighted by molar-refractivity contribution is -0.115. The van der Waals surface area contributed by atoms with Crippen LogP contribution < -0.4 is 10.6 Å². The lowest BCUT2D eigenvalue weighted by Gasteiger charge is -2.09. The van der Waals surface area contributed by atoms with Crippen LogP contribution in [0.25, 0.3) is 0 Å². The Kier molecular flexibility index (Phi) is 7.83. The fraction of sp³-hybridized carbons (Fsp3) is 0.333. The van der Waals surface area contributed by atoms with Gasteiger partial charge in [0.25, 0.3) is 5.91 Å². The molecule has 0 radical (unpaired) electrons. The highest BCUT2D eigenvalue weighted by Crippen LogP contribution is 2.11. The Bertz CT molecular complexity index is 697. The van der Waals surface area contributed by atoms with Gasteiger partial charge in [-0.1, -0.05) is 30.3 Å². The van der Waals surface area contributed by atoms with Gasteiger partial charge in [-0.3, -0.25) is 9.59 Å². The van der Waals surface area contributed by atoms with Gasteiger partial charge in [-0.05, 0) is 50.1 Å². The molecule has 0 aliphatic rings. The monoisotopic (exact) mass is 354 g/mol. The van der Waals surface area contributed by atoms with E-state index in [1.165, 1.54) is 0 Å². The van der Waals surface area contributed by atoms with Crippen molar-refractivity contribution in [3.63, 3.8) is 0 Å². The summed E-state index contributed by atoms with van der Waals surface area (Å²) in [5.41, 5.74) is 2.20. The van der Waals surface area contributed by atoms with E-state index in [1.54, 1.807) is 24.3 Å². The van der Waals surface area contributed by atoms with E-state index in [1.807, 2.05) is 44.2 Å². The van der Waals surface area contributed by atoms with Crippen molar-refractivity contribution in [3.8, 4) is 0 Å². The fourth-order valence-electron chi connectivity index (χ4n) is 2.39. The third-order valence-electron chi connectivity index (χ3n) is 3.70. The zero-order chi connectivity index (χ0) is 18.8. The summed E-state index contributed by atoms with van der Waals surface area (Å²) >= 11 is 0. The van der Waals surface area contributed by atoms with Crippen LogP contribution in [0, 0.1) is 0 Å². The van der Waals surface area contributed by atoms with E-state index in [0.29, 0.717) is 30.8 Å². The number of ether oxygens (including phenoxy) is 1. The summed E-state index contributed by atoms with van der Waals surface area (Å²) in [5, 5.41) is 5.70. The van der Waals surface area contributed by atoms with Crippen LogP contribution in [0.1, 0.15) is 36.2 Å². The summed E-state index contributed by atoms with van der Waals surface area (Å²) in [6.45, 7) is 5.17. The van der Waals surface area contributed by atoms with Crippen LogP contribution in [0.5, 0.6) is 0 Å². The molecule has 5 nitrogen and oxygen atoms in total. The molecule has 0 aliphatic carbocycles. The van der Waals surface area contributed by atoms with Crippen molar-refractivity contribution in [1.29, 1.82) is 0 Å². The first kappa shape index (κ1) is 19.7. The summed E-state index contributed by atoms with van der Waals surface area (Å²) in [5.74, 6) is -0.213. The molecule has 2 aromatic carbocycles. The highest BCUT2D eigenvalue weighted by atomic mass is 16.5. The SMILES string of the molecule is CC(C)OCCCNC(=O)c1ccc(NC(=O)Cc2ccccc2)cc1. The first-order valence-corrected chi connectivity index (χ1v) is 8.88. The maximum absolute atomic E-state index is 12.1. The van der Waals surface area contributed by atoms with Gasteiger partial charge in [-0.2, -0.15) is 0 Å². The molecular formula is C21H26N2O3. The minimum absolute atomic E-state index is 0.0847. The van der Waals surface area contributed by atoms with E-state index in [-0.39, 0.29) is 17.9 Å². The van der Waals surface area contributed by atoms with Gasteiger partial charge >= 0.3 is 0 Å². The minimum Gasteiger partial charge on any atom is -0.379 e. The van der Waals surface area contributed by atoms with E-state index in [2.05, 4.69) is 10.6 Å². The van der Waals surface area contributed by atoms with Crippen molar-refractivity contribution >= 4 is 17.5 Å². The summed E-state index contributed by atoms with van der Waals surface area (Å²) in [6.07, 6.45) is 1.30. The van der Waals surface area contributed by atoms with E-state index >= 15 is 0 Å². The number of hydrogen-bond acceptors (Lipinski definition) is 3. The molecule has 2 aromatic rings. The van der Waals surface area contributed by atoms with Gasteiger partial charge in [0.1, 0.15) is 0 Å². The lowest BCUT2D eigenvalue weighted by Crippen LogP contribution is -2.25. The second kappa shape index (κ2) is 10.4. The van der Waals surface area contributed by atoms with Crippen LogP contribution in [0.4, 0.5) is 5.69 Å². The molecule has 0 saturated carbocycles. The minimum atomic E-state index is -0.128. The average Bonchev–Trinajstić information content (AvgIpc) is 2.62. The van der Waals surface area contributed by atoms with Crippen LogP contribution in [0.2, 0.25) is 0 Å². The van der Waals surface area contributed by atoms with E-state index in [9.17, 15) is 9.59 Å². The van der Waals surface area contributed by atoms with Crippen LogP contribution in [-0.2, 0) is 16.0 Å². The maximum Gasteiger partial charge on any atom is 0.251 e. The predicted octanol–water partition coefficient (Wildman–Crippen LogP) is 3.41. The molecule has 0 bridgehead atoms. The molecule has 0 fully saturated rings. The molecule has 0 saturated heterocycles. The molecule has 2 amide bonds. The zero-order valence-corrected chi connectivity index (χ0v) is 15.3. The van der Waals surface area contributed by atoms with Gasteiger partial charge in [-0.15, -0.1) is 0 Å². The van der Waals surface area contributed by atoms with Gasteiger partial charge in [0.15, 0.2) is 0 Å². The number of rotatable bonds is 9. The summed E-state index contributed by atoms with van der Waals surface area (Å²) in [6, 6.07) is 16.5. The Morgan fingerprint density at radius 2 is 1.69 bits per heavy atom. The zero-order valence-electron chi connectivity index (χ0n) is 15.3. The molecule has 0 spiro atoms.